The van der Waals surface area contributed by atoms with Gasteiger partial charge in [0.15, 0.2) is 0 Å². The molecule has 2 heterocycles. The molecule has 1 unspecified atom stereocenters. The molecule has 2 atom stereocenters. The van der Waals surface area contributed by atoms with E-state index in [2.05, 4.69) is 0 Å². The maximum absolute atomic E-state index is 12.0. The number of carbonyl (C=O) groups excluding carboxylic acids is 1. The highest BCUT2D eigenvalue weighted by atomic mass is 16.6. The zero-order valence-corrected chi connectivity index (χ0v) is 12.8. The zero-order valence-electron chi connectivity index (χ0n) is 12.8. The standard InChI is InChI=1S/C15H27NO4/c1-15(2,3)20-14(18)16-7-4-12(10-16)13(17)11-5-8-19-9-6-11/h11-13,17H,4-10H2,1-3H3/t12?,13-/m1/s1. The second-order valence-electron chi connectivity index (χ2n) is 6.92. The second-order valence-corrected chi connectivity index (χ2v) is 6.92. The van der Waals surface area contributed by atoms with Crippen molar-refractivity contribution in [2.45, 2.75) is 51.7 Å². The molecule has 116 valence electrons. The first-order valence-electron chi connectivity index (χ1n) is 7.60. The summed E-state index contributed by atoms with van der Waals surface area (Å²) in [4.78, 5) is 13.7. The fraction of sp³-hybridized carbons (Fsp3) is 0.933. The minimum Gasteiger partial charge on any atom is -0.444 e. The lowest BCUT2D eigenvalue weighted by Crippen LogP contribution is -2.38. The minimum atomic E-state index is -0.464. The second kappa shape index (κ2) is 6.31. The number of nitrogens with zero attached hydrogens (tertiary/aromatic N) is 1. The Morgan fingerprint density at radius 1 is 1.25 bits per heavy atom. The van der Waals surface area contributed by atoms with Gasteiger partial charge in [-0.05, 0) is 46.0 Å². The van der Waals surface area contributed by atoms with E-state index >= 15 is 0 Å². The van der Waals surface area contributed by atoms with Gasteiger partial charge in [0, 0.05) is 32.2 Å². The molecule has 0 aliphatic carbocycles. The summed E-state index contributed by atoms with van der Waals surface area (Å²) in [7, 11) is 0. The van der Waals surface area contributed by atoms with Crippen LogP contribution in [-0.4, -0.2) is 54.1 Å². The van der Waals surface area contributed by atoms with Crippen LogP contribution in [0.1, 0.15) is 40.0 Å². The smallest absolute Gasteiger partial charge is 0.410 e. The van der Waals surface area contributed by atoms with Crippen LogP contribution in [-0.2, 0) is 9.47 Å². The summed E-state index contributed by atoms with van der Waals surface area (Å²) in [5.74, 6) is 0.484. The fourth-order valence-electron chi connectivity index (χ4n) is 3.00. The van der Waals surface area contributed by atoms with E-state index in [1.54, 1.807) is 4.90 Å². The molecule has 0 aromatic carbocycles. The molecule has 0 bridgehead atoms. The molecule has 5 nitrogen and oxygen atoms in total. The molecular weight excluding hydrogens is 258 g/mol. The first kappa shape index (κ1) is 15.6. The van der Waals surface area contributed by atoms with Gasteiger partial charge in [-0.25, -0.2) is 4.79 Å². The van der Waals surface area contributed by atoms with E-state index in [-0.39, 0.29) is 18.1 Å². The van der Waals surface area contributed by atoms with Crippen molar-refractivity contribution in [3.8, 4) is 0 Å². The van der Waals surface area contributed by atoms with E-state index in [1.165, 1.54) is 0 Å². The number of rotatable bonds is 2. The van der Waals surface area contributed by atoms with Gasteiger partial charge in [-0.1, -0.05) is 0 Å². The van der Waals surface area contributed by atoms with Gasteiger partial charge in [0.05, 0.1) is 6.10 Å². The number of ether oxygens (including phenoxy) is 2. The average Bonchev–Trinajstić information content (AvgIpc) is 2.86. The highest BCUT2D eigenvalue weighted by molar-refractivity contribution is 5.68. The normalized spacial score (nSPS) is 26.6. The number of hydrogen-bond acceptors (Lipinski definition) is 4. The first-order chi connectivity index (χ1) is 9.37. The molecule has 1 N–H and O–H groups in total. The number of carbonyl (C=O) groups is 1. The van der Waals surface area contributed by atoms with Crippen LogP contribution < -0.4 is 0 Å². The molecular formula is C15H27NO4. The van der Waals surface area contributed by atoms with Crippen molar-refractivity contribution in [1.29, 1.82) is 0 Å². The maximum atomic E-state index is 12.0. The molecule has 2 saturated heterocycles. The van der Waals surface area contributed by atoms with Crippen LogP contribution in [0.4, 0.5) is 4.79 Å². The molecule has 2 fully saturated rings. The van der Waals surface area contributed by atoms with Crippen molar-refractivity contribution in [2.24, 2.45) is 11.8 Å². The number of likely N-dealkylation sites (tertiary alicyclic amines) is 1. The topological polar surface area (TPSA) is 59.0 Å². The van der Waals surface area contributed by atoms with Crippen LogP contribution in [0.25, 0.3) is 0 Å². The number of aliphatic hydroxyl groups is 1. The molecule has 5 heteroatoms. The third kappa shape index (κ3) is 4.09. The van der Waals surface area contributed by atoms with Crippen LogP contribution >= 0.6 is 0 Å². The molecule has 2 aliphatic heterocycles. The van der Waals surface area contributed by atoms with Gasteiger partial charge >= 0.3 is 6.09 Å². The molecule has 20 heavy (non-hydrogen) atoms. The Bertz CT molecular complexity index is 333. The summed E-state index contributed by atoms with van der Waals surface area (Å²) in [6, 6.07) is 0. The number of hydrogen-bond donors (Lipinski definition) is 1. The Hall–Kier alpha value is -0.810. The van der Waals surface area contributed by atoms with Crippen molar-refractivity contribution >= 4 is 6.09 Å². The van der Waals surface area contributed by atoms with Gasteiger partial charge in [-0.15, -0.1) is 0 Å². The monoisotopic (exact) mass is 285 g/mol. The predicted molar refractivity (Wildman–Crippen MR) is 75.5 cm³/mol. The van der Waals surface area contributed by atoms with E-state index in [0.29, 0.717) is 19.0 Å². The number of amides is 1. The third-order valence-electron chi connectivity index (χ3n) is 4.11. The van der Waals surface area contributed by atoms with Crippen LogP contribution in [0.3, 0.4) is 0 Å². The van der Waals surface area contributed by atoms with Gasteiger partial charge in [0.2, 0.25) is 0 Å². The first-order valence-corrected chi connectivity index (χ1v) is 7.60. The Labute approximate surface area is 121 Å². The maximum Gasteiger partial charge on any atom is 0.410 e. The molecule has 2 rings (SSSR count). The quantitative estimate of drug-likeness (QED) is 0.843. The van der Waals surface area contributed by atoms with E-state index in [1.807, 2.05) is 20.8 Å². The van der Waals surface area contributed by atoms with E-state index < -0.39 is 5.60 Å². The summed E-state index contributed by atoms with van der Waals surface area (Å²) in [5, 5.41) is 10.5. The van der Waals surface area contributed by atoms with Crippen molar-refractivity contribution in [3.05, 3.63) is 0 Å². The molecule has 1 amide bonds. The van der Waals surface area contributed by atoms with Crippen molar-refractivity contribution in [1.82, 2.24) is 4.90 Å². The summed E-state index contributed by atoms with van der Waals surface area (Å²) in [5.41, 5.74) is -0.464. The molecule has 2 aliphatic rings. The molecule has 0 aromatic rings. The molecule has 0 radical (unpaired) electrons. The van der Waals surface area contributed by atoms with Gasteiger partial charge < -0.3 is 19.5 Å². The van der Waals surface area contributed by atoms with Crippen molar-refractivity contribution in [3.63, 3.8) is 0 Å². The van der Waals surface area contributed by atoms with E-state index in [4.69, 9.17) is 9.47 Å². The summed E-state index contributed by atoms with van der Waals surface area (Å²) < 4.78 is 10.7. The highest BCUT2D eigenvalue weighted by Gasteiger charge is 2.36. The Morgan fingerprint density at radius 3 is 2.50 bits per heavy atom. The lowest BCUT2D eigenvalue weighted by molar-refractivity contribution is -0.0166. The zero-order chi connectivity index (χ0) is 14.8. The van der Waals surface area contributed by atoms with Crippen LogP contribution in [0.5, 0.6) is 0 Å². The lowest BCUT2D eigenvalue weighted by atomic mass is 9.85. The van der Waals surface area contributed by atoms with Gasteiger partial charge in [0.1, 0.15) is 5.60 Å². The third-order valence-corrected chi connectivity index (χ3v) is 4.11. The van der Waals surface area contributed by atoms with Crippen LogP contribution in [0.2, 0.25) is 0 Å². The van der Waals surface area contributed by atoms with Gasteiger partial charge in [-0.2, -0.15) is 0 Å². The predicted octanol–water partition coefficient (Wildman–Crippen LogP) is 2.03. The largest absolute Gasteiger partial charge is 0.444 e. The Morgan fingerprint density at radius 2 is 1.90 bits per heavy atom. The summed E-state index contributed by atoms with van der Waals surface area (Å²) >= 11 is 0. The number of aliphatic hydroxyl groups excluding tert-OH is 1. The summed E-state index contributed by atoms with van der Waals surface area (Å²) in [6.45, 7) is 8.38. The SMILES string of the molecule is CC(C)(C)OC(=O)N1CCC([C@H](O)C2CCOCC2)C1. The lowest BCUT2D eigenvalue weighted by Gasteiger charge is -2.30. The molecule has 0 saturated carbocycles. The average molecular weight is 285 g/mol. The van der Waals surface area contributed by atoms with Crippen molar-refractivity contribution < 1.29 is 19.4 Å². The highest BCUT2D eigenvalue weighted by Crippen LogP contribution is 2.30. The molecule has 0 aromatic heterocycles. The van der Waals surface area contributed by atoms with E-state index in [0.717, 1.165) is 32.5 Å². The Kier molecular flexibility index (Phi) is 4.91. The van der Waals surface area contributed by atoms with E-state index in [9.17, 15) is 9.90 Å². The van der Waals surface area contributed by atoms with Crippen LogP contribution in [0.15, 0.2) is 0 Å². The van der Waals surface area contributed by atoms with Crippen molar-refractivity contribution in [2.75, 3.05) is 26.3 Å². The Balaban J connectivity index is 1.83. The molecule has 0 spiro atoms. The summed E-state index contributed by atoms with van der Waals surface area (Å²) in [6.07, 6.45) is 2.11. The van der Waals surface area contributed by atoms with Gasteiger partial charge in [-0.3, -0.25) is 0 Å². The van der Waals surface area contributed by atoms with Gasteiger partial charge in [0.25, 0.3) is 0 Å². The minimum absolute atomic E-state index is 0.172. The fourth-order valence-corrected chi connectivity index (χ4v) is 3.00. The van der Waals surface area contributed by atoms with Crippen LogP contribution in [0, 0.1) is 11.8 Å².